The molecule has 1 aliphatic heterocycles. The number of rotatable bonds is 3. The van der Waals surface area contributed by atoms with E-state index in [-0.39, 0.29) is 11.1 Å². The maximum absolute atomic E-state index is 13.2. The molecular weight excluding hydrogens is 326 g/mol. The molecule has 0 N–H and O–H groups in total. The molecule has 24 heavy (non-hydrogen) atoms. The molecule has 8 heteroatoms. The van der Waals surface area contributed by atoms with Crippen LogP contribution in [-0.2, 0) is 23.5 Å². The van der Waals surface area contributed by atoms with Crippen LogP contribution in [0.4, 0.5) is 5.69 Å². The molecule has 0 saturated carbocycles. The number of anilines is 1. The third-order valence-electron chi connectivity index (χ3n) is 4.37. The van der Waals surface area contributed by atoms with E-state index in [0.717, 1.165) is 17.7 Å². The molecule has 1 atom stereocenters. The SMILES string of the molecule is Cn1nccc1S(=O)(=O)N1C[C@@H](n2ccnc2)Cc2ccccc21. The summed E-state index contributed by atoms with van der Waals surface area (Å²) in [5.41, 5.74) is 1.74. The molecule has 2 aromatic heterocycles. The van der Waals surface area contributed by atoms with Crippen LogP contribution in [0.3, 0.4) is 0 Å². The molecule has 0 bridgehead atoms. The zero-order valence-corrected chi connectivity index (χ0v) is 14.0. The molecule has 0 fully saturated rings. The van der Waals surface area contributed by atoms with E-state index in [9.17, 15) is 8.42 Å². The van der Waals surface area contributed by atoms with Crippen molar-refractivity contribution in [3.8, 4) is 0 Å². The van der Waals surface area contributed by atoms with Gasteiger partial charge < -0.3 is 4.57 Å². The van der Waals surface area contributed by atoms with E-state index in [4.69, 9.17) is 0 Å². The van der Waals surface area contributed by atoms with Crippen molar-refractivity contribution < 1.29 is 8.42 Å². The van der Waals surface area contributed by atoms with E-state index < -0.39 is 10.0 Å². The van der Waals surface area contributed by atoms with Crippen molar-refractivity contribution in [2.75, 3.05) is 10.8 Å². The lowest BCUT2D eigenvalue weighted by atomic mass is 10.00. The predicted molar refractivity (Wildman–Crippen MR) is 89.1 cm³/mol. The molecule has 0 amide bonds. The average Bonchev–Trinajstić information content (AvgIpc) is 3.25. The first-order valence-electron chi connectivity index (χ1n) is 7.63. The Hall–Kier alpha value is -2.61. The predicted octanol–water partition coefficient (Wildman–Crippen LogP) is 1.61. The van der Waals surface area contributed by atoms with Crippen molar-refractivity contribution in [1.29, 1.82) is 0 Å². The Balaban J connectivity index is 1.83. The van der Waals surface area contributed by atoms with Crippen LogP contribution in [0.15, 0.2) is 60.3 Å². The highest BCUT2D eigenvalue weighted by Crippen LogP contribution is 2.35. The lowest BCUT2D eigenvalue weighted by Gasteiger charge is -2.35. The monoisotopic (exact) mass is 343 g/mol. The van der Waals surface area contributed by atoms with Crippen molar-refractivity contribution in [3.63, 3.8) is 0 Å². The Labute approximate surface area is 140 Å². The molecule has 1 aliphatic rings. The maximum Gasteiger partial charge on any atom is 0.281 e. The number of aromatic nitrogens is 4. The van der Waals surface area contributed by atoms with E-state index in [2.05, 4.69) is 10.1 Å². The van der Waals surface area contributed by atoms with Crippen LogP contribution in [-0.4, -0.2) is 34.3 Å². The highest BCUT2D eigenvalue weighted by Gasteiger charge is 2.35. The molecule has 0 aliphatic carbocycles. The Morgan fingerprint density at radius 2 is 2.00 bits per heavy atom. The number of benzene rings is 1. The van der Waals surface area contributed by atoms with Crippen molar-refractivity contribution >= 4 is 15.7 Å². The summed E-state index contributed by atoms with van der Waals surface area (Å²) < 4.78 is 31.2. The van der Waals surface area contributed by atoms with Crippen molar-refractivity contribution in [2.24, 2.45) is 7.05 Å². The van der Waals surface area contributed by atoms with Gasteiger partial charge in [-0.05, 0) is 24.1 Å². The Bertz CT molecular complexity index is 962. The molecule has 124 valence electrons. The Morgan fingerprint density at radius 1 is 1.17 bits per heavy atom. The van der Waals surface area contributed by atoms with Gasteiger partial charge in [-0.1, -0.05) is 18.2 Å². The van der Waals surface area contributed by atoms with Gasteiger partial charge in [0.05, 0.1) is 30.8 Å². The van der Waals surface area contributed by atoms with E-state index >= 15 is 0 Å². The largest absolute Gasteiger partial charge is 0.332 e. The fraction of sp³-hybridized carbons (Fsp3) is 0.250. The van der Waals surface area contributed by atoms with Gasteiger partial charge in [0.2, 0.25) is 0 Å². The van der Waals surface area contributed by atoms with E-state index in [0.29, 0.717) is 6.54 Å². The summed E-state index contributed by atoms with van der Waals surface area (Å²) in [6.45, 7) is 0.362. The second-order valence-corrected chi connectivity index (χ2v) is 7.63. The molecule has 1 aromatic carbocycles. The molecule has 4 rings (SSSR count). The molecule has 0 radical (unpaired) electrons. The summed E-state index contributed by atoms with van der Waals surface area (Å²) in [5, 5.41) is 4.18. The molecular formula is C16H17N5O2S. The van der Waals surface area contributed by atoms with Crippen LogP contribution in [0.5, 0.6) is 0 Å². The van der Waals surface area contributed by atoms with Gasteiger partial charge in [0.1, 0.15) is 0 Å². The second-order valence-electron chi connectivity index (χ2n) is 5.83. The van der Waals surface area contributed by atoms with Gasteiger partial charge >= 0.3 is 0 Å². The maximum atomic E-state index is 13.2. The summed E-state index contributed by atoms with van der Waals surface area (Å²) >= 11 is 0. The van der Waals surface area contributed by atoms with Crippen LogP contribution >= 0.6 is 0 Å². The van der Waals surface area contributed by atoms with E-state index in [1.54, 1.807) is 19.6 Å². The van der Waals surface area contributed by atoms with Gasteiger partial charge in [0.15, 0.2) is 5.03 Å². The van der Waals surface area contributed by atoms with E-state index in [1.807, 2.05) is 35.0 Å². The van der Waals surface area contributed by atoms with Gasteiger partial charge in [-0.15, -0.1) is 0 Å². The number of hydrogen-bond acceptors (Lipinski definition) is 4. The number of aryl methyl sites for hydroxylation is 1. The van der Waals surface area contributed by atoms with Gasteiger partial charge in [-0.3, -0.25) is 8.99 Å². The van der Waals surface area contributed by atoms with Gasteiger partial charge in [-0.2, -0.15) is 13.5 Å². The summed E-state index contributed by atoms with van der Waals surface area (Å²) in [7, 11) is -2.05. The molecule has 3 aromatic rings. The van der Waals surface area contributed by atoms with Crippen LogP contribution < -0.4 is 4.31 Å². The van der Waals surface area contributed by atoms with Crippen LogP contribution in [0.25, 0.3) is 0 Å². The van der Waals surface area contributed by atoms with Crippen LogP contribution in [0, 0.1) is 0 Å². The zero-order valence-electron chi connectivity index (χ0n) is 13.1. The first-order valence-corrected chi connectivity index (χ1v) is 9.07. The van der Waals surface area contributed by atoms with Gasteiger partial charge in [0, 0.05) is 19.4 Å². The molecule has 0 unspecified atom stereocenters. The van der Waals surface area contributed by atoms with Crippen LogP contribution in [0.2, 0.25) is 0 Å². The number of imidazole rings is 1. The Kier molecular flexibility index (Phi) is 3.42. The minimum absolute atomic E-state index is 0.00500. The molecule has 0 saturated heterocycles. The fourth-order valence-electron chi connectivity index (χ4n) is 3.18. The highest BCUT2D eigenvalue weighted by atomic mass is 32.2. The van der Waals surface area contributed by atoms with Crippen molar-refractivity contribution in [2.45, 2.75) is 17.5 Å². The smallest absolute Gasteiger partial charge is 0.281 e. The Morgan fingerprint density at radius 3 is 2.71 bits per heavy atom. The van der Waals surface area contributed by atoms with Crippen molar-refractivity contribution in [3.05, 3.63) is 60.8 Å². The standard InChI is InChI=1S/C16H17N5O2S/c1-19-16(6-7-18-19)24(22,23)21-11-14(20-9-8-17-12-20)10-13-4-2-3-5-15(13)21/h2-9,12,14H,10-11H2,1H3/t14-/m0/s1. The minimum Gasteiger partial charge on any atom is -0.332 e. The van der Waals surface area contributed by atoms with Gasteiger partial charge in [-0.25, -0.2) is 4.98 Å². The third-order valence-corrected chi connectivity index (χ3v) is 6.22. The third kappa shape index (κ3) is 2.30. The number of hydrogen-bond donors (Lipinski definition) is 0. The topological polar surface area (TPSA) is 73.0 Å². The zero-order chi connectivity index (χ0) is 16.7. The number of fused-ring (bicyclic) bond motifs is 1. The lowest BCUT2D eigenvalue weighted by molar-refractivity contribution is 0.485. The molecule has 3 heterocycles. The average molecular weight is 343 g/mol. The van der Waals surface area contributed by atoms with Crippen LogP contribution in [0.1, 0.15) is 11.6 Å². The summed E-state index contributed by atoms with van der Waals surface area (Å²) in [5.74, 6) is 0. The number of para-hydroxylation sites is 1. The molecule has 0 spiro atoms. The highest BCUT2D eigenvalue weighted by molar-refractivity contribution is 7.92. The summed E-state index contributed by atoms with van der Waals surface area (Å²) in [4.78, 5) is 4.09. The quantitative estimate of drug-likeness (QED) is 0.724. The first-order chi connectivity index (χ1) is 11.6. The second kappa shape index (κ2) is 5.48. The normalized spacial score (nSPS) is 17.7. The lowest BCUT2D eigenvalue weighted by Crippen LogP contribution is -2.41. The molecule has 7 nitrogen and oxygen atoms in total. The fourth-order valence-corrected chi connectivity index (χ4v) is 4.82. The summed E-state index contributed by atoms with van der Waals surface area (Å²) in [6.07, 6.45) is 7.57. The number of sulfonamides is 1. The van der Waals surface area contributed by atoms with Crippen molar-refractivity contribution in [1.82, 2.24) is 19.3 Å². The first kappa shape index (κ1) is 14.9. The summed E-state index contributed by atoms with van der Waals surface area (Å²) in [6, 6.07) is 9.16. The van der Waals surface area contributed by atoms with E-state index in [1.165, 1.54) is 21.3 Å². The minimum atomic E-state index is -3.69. The number of nitrogens with zero attached hydrogens (tertiary/aromatic N) is 5. The van der Waals surface area contributed by atoms with Gasteiger partial charge in [0.25, 0.3) is 10.0 Å².